The number of hydrogen-bond donors (Lipinski definition) is 2. The standard InChI is InChI=1S/C12H13NO4S/c1-9-3-2-4-10(7-9)13-18(15,16)12-6-5-11(8-14)17-12/h2-7,13-14H,8H2,1H3. The molecular weight excluding hydrogens is 254 g/mol. The van der Waals surface area contributed by atoms with Crippen LogP contribution in [-0.4, -0.2) is 13.5 Å². The highest BCUT2D eigenvalue weighted by Crippen LogP contribution is 2.19. The van der Waals surface area contributed by atoms with Crippen molar-refractivity contribution in [3.05, 3.63) is 47.7 Å². The summed E-state index contributed by atoms with van der Waals surface area (Å²) in [4.78, 5) is 0. The average molecular weight is 267 g/mol. The van der Waals surface area contributed by atoms with Crippen LogP contribution in [0.15, 0.2) is 45.9 Å². The van der Waals surface area contributed by atoms with E-state index in [1.807, 2.05) is 13.0 Å². The van der Waals surface area contributed by atoms with Gasteiger partial charge in [0.25, 0.3) is 10.0 Å². The van der Waals surface area contributed by atoms with Crippen molar-refractivity contribution in [3.8, 4) is 0 Å². The second kappa shape index (κ2) is 4.83. The zero-order chi connectivity index (χ0) is 13.2. The van der Waals surface area contributed by atoms with Crippen molar-refractivity contribution in [2.45, 2.75) is 18.6 Å². The second-order valence-electron chi connectivity index (χ2n) is 3.85. The summed E-state index contributed by atoms with van der Waals surface area (Å²) in [6.07, 6.45) is 0. The lowest BCUT2D eigenvalue weighted by molar-refractivity contribution is 0.236. The number of nitrogens with one attached hydrogen (secondary N) is 1. The summed E-state index contributed by atoms with van der Waals surface area (Å²) in [5.41, 5.74) is 1.42. The third-order valence-electron chi connectivity index (χ3n) is 2.33. The van der Waals surface area contributed by atoms with Crippen molar-refractivity contribution in [1.29, 1.82) is 0 Å². The predicted octanol–water partition coefficient (Wildman–Crippen LogP) is 1.88. The van der Waals surface area contributed by atoms with Gasteiger partial charge < -0.3 is 9.52 Å². The zero-order valence-corrected chi connectivity index (χ0v) is 10.6. The van der Waals surface area contributed by atoms with Gasteiger partial charge in [-0.15, -0.1) is 0 Å². The van der Waals surface area contributed by atoms with Gasteiger partial charge in [-0.05, 0) is 36.8 Å². The fourth-order valence-electron chi connectivity index (χ4n) is 1.50. The minimum absolute atomic E-state index is 0.208. The van der Waals surface area contributed by atoms with Crippen LogP contribution in [0.3, 0.4) is 0 Å². The lowest BCUT2D eigenvalue weighted by Gasteiger charge is -2.06. The third-order valence-corrected chi connectivity index (χ3v) is 3.58. The van der Waals surface area contributed by atoms with Crippen LogP contribution in [0.5, 0.6) is 0 Å². The molecule has 0 saturated carbocycles. The molecule has 0 amide bonds. The molecule has 0 atom stereocenters. The zero-order valence-electron chi connectivity index (χ0n) is 9.75. The van der Waals surface area contributed by atoms with Crippen LogP contribution in [0.1, 0.15) is 11.3 Å². The summed E-state index contributed by atoms with van der Waals surface area (Å²) in [7, 11) is -3.75. The van der Waals surface area contributed by atoms with Crippen molar-refractivity contribution in [3.63, 3.8) is 0 Å². The number of aliphatic hydroxyl groups excluding tert-OH is 1. The van der Waals surface area contributed by atoms with Crippen LogP contribution < -0.4 is 4.72 Å². The van der Waals surface area contributed by atoms with E-state index in [0.29, 0.717) is 5.69 Å². The van der Waals surface area contributed by atoms with Gasteiger partial charge in [-0.3, -0.25) is 4.72 Å². The van der Waals surface area contributed by atoms with E-state index in [1.54, 1.807) is 18.2 Å². The van der Waals surface area contributed by atoms with Gasteiger partial charge in [-0.25, -0.2) is 0 Å². The molecular formula is C12H13NO4S. The Morgan fingerprint density at radius 3 is 2.67 bits per heavy atom. The van der Waals surface area contributed by atoms with E-state index < -0.39 is 10.0 Å². The summed E-state index contributed by atoms with van der Waals surface area (Å²) in [5.74, 6) is 0.208. The molecule has 0 spiro atoms. The Morgan fingerprint density at radius 1 is 1.28 bits per heavy atom. The molecule has 0 aliphatic rings. The molecule has 0 fully saturated rings. The molecule has 0 radical (unpaired) electrons. The van der Waals surface area contributed by atoms with Crippen LogP contribution >= 0.6 is 0 Å². The number of aliphatic hydroxyl groups is 1. The minimum Gasteiger partial charge on any atom is -0.445 e. The van der Waals surface area contributed by atoms with Gasteiger partial charge in [-0.1, -0.05) is 12.1 Å². The molecule has 2 aromatic rings. The highest BCUT2D eigenvalue weighted by molar-refractivity contribution is 7.92. The fraction of sp³-hybridized carbons (Fsp3) is 0.167. The van der Waals surface area contributed by atoms with E-state index in [1.165, 1.54) is 12.1 Å². The van der Waals surface area contributed by atoms with E-state index >= 15 is 0 Å². The van der Waals surface area contributed by atoms with E-state index in [0.717, 1.165) is 5.56 Å². The first-order valence-electron chi connectivity index (χ1n) is 5.30. The van der Waals surface area contributed by atoms with Gasteiger partial charge in [0.2, 0.25) is 5.09 Å². The van der Waals surface area contributed by atoms with Crippen molar-refractivity contribution in [2.24, 2.45) is 0 Å². The SMILES string of the molecule is Cc1cccc(NS(=O)(=O)c2ccc(CO)o2)c1. The van der Waals surface area contributed by atoms with E-state index in [-0.39, 0.29) is 17.5 Å². The molecule has 5 nitrogen and oxygen atoms in total. The Balaban J connectivity index is 2.27. The summed E-state index contributed by atoms with van der Waals surface area (Å²) < 4.78 is 31.3. The van der Waals surface area contributed by atoms with Crippen molar-refractivity contribution >= 4 is 15.7 Å². The number of furan rings is 1. The van der Waals surface area contributed by atoms with Gasteiger partial charge in [0.1, 0.15) is 12.4 Å². The molecule has 2 N–H and O–H groups in total. The summed E-state index contributed by atoms with van der Waals surface area (Å²) in [5, 5.41) is 8.62. The van der Waals surface area contributed by atoms with Gasteiger partial charge in [0, 0.05) is 5.69 Å². The monoisotopic (exact) mass is 267 g/mol. The maximum atomic E-state index is 12.0. The van der Waals surface area contributed by atoms with Crippen LogP contribution in [0.4, 0.5) is 5.69 Å². The molecule has 2 rings (SSSR count). The van der Waals surface area contributed by atoms with Crippen LogP contribution in [0.2, 0.25) is 0 Å². The van der Waals surface area contributed by atoms with Crippen molar-refractivity contribution in [2.75, 3.05) is 4.72 Å². The Labute approximate surface area is 105 Å². The molecule has 6 heteroatoms. The first kappa shape index (κ1) is 12.7. The first-order valence-corrected chi connectivity index (χ1v) is 6.78. The van der Waals surface area contributed by atoms with Crippen LogP contribution in [0.25, 0.3) is 0 Å². The number of anilines is 1. The molecule has 1 heterocycles. The predicted molar refractivity (Wildman–Crippen MR) is 66.6 cm³/mol. The van der Waals surface area contributed by atoms with Crippen LogP contribution in [0, 0.1) is 6.92 Å². The molecule has 0 aliphatic heterocycles. The minimum atomic E-state index is -3.75. The van der Waals surface area contributed by atoms with Gasteiger partial charge in [0.15, 0.2) is 0 Å². The van der Waals surface area contributed by atoms with E-state index in [9.17, 15) is 8.42 Å². The molecule has 0 bridgehead atoms. The summed E-state index contributed by atoms with van der Waals surface area (Å²) in [6.45, 7) is 1.54. The Bertz CT molecular complexity index is 646. The lowest BCUT2D eigenvalue weighted by atomic mass is 10.2. The lowest BCUT2D eigenvalue weighted by Crippen LogP contribution is -2.12. The molecule has 0 aliphatic carbocycles. The molecule has 0 unspecified atom stereocenters. The van der Waals surface area contributed by atoms with Gasteiger partial charge in [-0.2, -0.15) is 8.42 Å². The third kappa shape index (κ3) is 2.72. The summed E-state index contributed by atoms with van der Waals surface area (Å²) >= 11 is 0. The number of hydrogen-bond acceptors (Lipinski definition) is 4. The number of sulfonamides is 1. The topological polar surface area (TPSA) is 79.5 Å². The number of benzene rings is 1. The molecule has 1 aromatic heterocycles. The Hall–Kier alpha value is -1.79. The van der Waals surface area contributed by atoms with Gasteiger partial charge in [0.05, 0.1) is 0 Å². The van der Waals surface area contributed by atoms with Crippen molar-refractivity contribution in [1.82, 2.24) is 0 Å². The highest BCUT2D eigenvalue weighted by atomic mass is 32.2. The maximum absolute atomic E-state index is 12.0. The second-order valence-corrected chi connectivity index (χ2v) is 5.47. The average Bonchev–Trinajstić information content (AvgIpc) is 2.77. The largest absolute Gasteiger partial charge is 0.445 e. The normalized spacial score (nSPS) is 11.4. The highest BCUT2D eigenvalue weighted by Gasteiger charge is 2.18. The maximum Gasteiger partial charge on any atom is 0.295 e. The molecule has 0 saturated heterocycles. The van der Waals surface area contributed by atoms with E-state index in [4.69, 9.17) is 9.52 Å². The van der Waals surface area contributed by atoms with Crippen molar-refractivity contribution < 1.29 is 17.9 Å². The summed E-state index contributed by atoms with van der Waals surface area (Å²) in [6, 6.07) is 9.73. The number of rotatable bonds is 4. The van der Waals surface area contributed by atoms with Gasteiger partial charge >= 0.3 is 0 Å². The Kier molecular flexibility index (Phi) is 3.40. The quantitative estimate of drug-likeness (QED) is 0.886. The smallest absolute Gasteiger partial charge is 0.295 e. The molecule has 1 aromatic carbocycles. The Morgan fingerprint density at radius 2 is 2.06 bits per heavy atom. The van der Waals surface area contributed by atoms with Crippen LogP contribution in [-0.2, 0) is 16.6 Å². The van der Waals surface area contributed by atoms with E-state index in [2.05, 4.69) is 4.72 Å². The fourth-order valence-corrected chi connectivity index (χ4v) is 2.50. The molecule has 18 heavy (non-hydrogen) atoms. The number of aryl methyl sites for hydroxylation is 1. The first-order chi connectivity index (χ1) is 8.51. The molecule has 96 valence electrons.